The van der Waals surface area contributed by atoms with Crippen LogP contribution in [0.4, 0.5) is 5.69 Å². The van der Waals surface area contributed by atoms with Gasteiger partial charge < -0.3 is 19.7 Å². The second-order valence-electron chi connectivity index (χ2n) is 8.77. The van der Waals surface area contributed by atoms with E-state index < -0.39 is 0 Å². The topological polar surface area (TPSA) is 61.6 Å². The number of aryl methyl sites for hydroxylation is 3. The average Bonchev–Trinajstić information content (AvgIpc) is 3.01. The Kier molecular flexibility index (Phi) is 9.19. The van der Waals surface area contributed by atoms with Crippen molar-refractivity contribution >= 4 is 35.6 Å². The van der Waals surface area contributed by atoms with Gasteiger partial charge in [-0.15, -0.1) is 34.2 Å². The Labute approximate surface area is 209 Å². The Hall–Kier alpha value is -1.84. The Morgan fingerprint density at radius 3 is 2.62 bits per heavy atom. The van der Waals surface area contributed by atoms with Crippen LogP contribution < -0.4 is 10.2 Å². The monoisotopic (exact) mass is 551 g/mol. The van der Waals surface area contributed by atoms with Crippen molar-refractivity contribution < 1.29 is 0 Å². The molecule has 7 nitrogen and oxygen atoms in total. The first kappa shape index (κ1) is 24.8. The van der Waals surface area contributed by atoms with Gasteiger partial charge >= 0.3 is 0 Å². The van der Waals surface area contributed by atoms with E-state index in [0.717, 1.165) is 70.3 Å². The summed E-state index contributed by atoms with van der Waals surface area (Å²) in [4.78, 5) is 9.42. The first-order valence-corrected chi connectivity index (χ1v) is 11.8. The van der Waals surface area contributed by atoms with Gasteiger partial charge in [-0.1, -0.05) is 18.6 Å². The molecular weight excluding hydrogens is 513 g/mol. The van der Waals surface area contributed by atoms with Crippen molar-refractivity contribution in [2.75, 3.05) is 44.7 Å². The molecule has 4 rings (SSSR count). The zero-order valence-electron chi connectivity index (χ0n) is 19.8. The molecule has 0 bridgehead atoms. The summed E-state index contributed by atoms with van der Waals surface area (Å²) in [6.07, 6.45) is 6.88. The predicted molar refractivity (Wildman–Crippen MR) is 142 cm³/mol. The molecule has 32 heavy (non-hydrogen) atoms. The molecule has 8 heteroatoms. The van der Waals surface area contributed by atoms with Crippen LogP contribution in [0.15, 0.2) is 23.2 Å². The fourth-order valence-corrected chi connectivity index (χ4v) is 4.75. The Bertz CT molecular complexity index is 900. The third-order valence-corrected chi connectivity index (χ3v) is 6.75. The summed E-state index contributed by atoms with van der Waals surface area (Å²) in [7, 11) is 1.89. The number of nitrogens with one attached hydrogen (secondary N) is 1. The summed E-state index contributed by atoms with van der Waals surface area (Å²) in [5.41, 5.74) is 4.13. The van der Waals surface area contributed by atoms with Gasteiger partial charge in [0.2, 0.25) is 0 Å². The highest BCUT2D eigenvalue weighted by Gasteiger charge is 2.21. The number of benzene rings is 1. The number of guanidine groups is 1. The summed E-state index contributed by atoms with van der Waals surface area (Å²) in [6.45, 7) is 10.4. The lowest BCUT2D eigenvalue weighted by atomic mass is 10.1. The van der Waals surface area contributed by atoms with E-state index in [1.165, 1.54) is 41.9 Å². The smallest absolute Gasteiger partial charge is 0.193 e. The minimum absolute atomic E-state index is 0. The fraction of sp³-hybridized carbons (Fsp3) is 0.625. The van der Waals surface area contributed by atoms with Crippen molar-refractivity contribution in [2.24, 2.45) is 4.99 Å². The van der Waals surface area contributed by atoms with Crippen LogP contribution in [0, 0.1) is 13.8 Å². The number of anilines is 1. The van der Waals surface area contributed by atoms with Crippen LogP contribution in [0.25, 0.3) is 0 Å². The number of halogens is 1. The van der Waals surface area contributed by atoms with Crippen LogP contribution in [0.3, 0.4) is 0 Å². The van der Waals surface area contributed by atoms with Crippen molar-refractivity contribution in [2.45, 2.75) is 58.9 Å². The molecule has 0 unspecified atom stereocenters. The predicted octanol–water partition coefficient (Wildman–Crippen LogP) is 3.57. The van der Waals surface area contributed by atoms with Gasteiger partial charge in [0.05, 0.1) is 0 Å². The minimum Gasteiger partial charge on any atom is -0.368 e. The molecule has 0 amide bonds. The Morgan fingerprint density at radius 1 is 1.03 bits per heavy atom. The second kappa shape index (κ2) is 11.9. The number of hydrogen-bond donors (Lipinski definition) is 1. The quantitative estimate of drug-likeness (QED) is 0.267. The number of fused-ring (bicyclic) bond motifs is 1. The molecule has 1 saturated heterocycles. The number of nitrogens with zero attached hydrogens (tertiary/aromatic N) is 6. The maximum Gasteiger partial charge on any atom is 0.193 e. The Balaban J connectivity index is 0.00000289. The van der Waals surface area contributed by atoms with Crippen molar-refractivity contribution in [3.63, 3.8) is 0 Å². The largest absolute Gasteiger partial charge is 0.368 e. The number of hydrogen-bond acceptors (Lipinski definition) is 4. The zero-order valence-corrected chi connectivity index (χ0v) is 22.1. The zero-order chi connectivity index (χ0) is 21.6. The molecule has 0 spiro atoms. The summed E-state index contributed by atoms with van der Waals surface area (Å²) in [5.74, 6) is 3.34. The van der Waals surface area contributed by atoms with Gasteiger partial charge in [-0.25, -0.2) is 0 Å². The van der Waals surface area contributed by atoms with Crippen LogP contribution in [0.5, 0.6) is 0 Å². The van der Waals surface area contributed by atoms with E-state index in [1.807, 2.05) is 7.05 Å². The highest BCUT2D eigenvalue weighted by molar-refractivity contribution is 14.0. The summed E-state index contributed by atoms with van der Waals surface area (Å²) in [5, 5.41) is 12.4. The number of aromatic nitrogens is 3. The summed E-state index contributed by atoms with van der Waals surface area (Å²) < 4.78 is 2.36. The van der Waals surface area contributed by atoms with Gasteiger partial charge in [0.25, 0.3) is 0 Å². The average molecular weight is 552 g/mol. The van der Waals surface area contributed by atoms with Gasteiger partial charge in [-0.05, 0) is 50.3 Å². The Morgan fingerprint density at radius 2 is 1.84 bits per heavy atom. The van der Waals surface area contributed by atoms with Crippen LogP contribution in [0.1, 0.15) is 48.5 Å². The normalized spacial score (nSPS) is 16.9. The second-order valence-corrected chi connectivity index (χ2v) is 8.77. The van der Waals surface area contributed by atoms with Crippen molar-refractivity contribution in [1.29, 1.82) is 0 Å². The van der Waals surface area contributed by atoms with Gasteiger partial charge in [-0.2, -0.15) is 0 Å². The molecular formula is C24H38IN7. The van der Waals surface area contributed by atoms with Gasteiger partial charge in [0.15, 0.2) is 5.96 Å². The van der Waals surface area contributed by atoms with Crippen LogP contribution in [-0.2, 0) is 19.4 Å². The van der Waals surface area contributed by atoms with Crippen LogP contribution in [-0.4, -0.2) is 65.4 Å². The molecule has 2 aliphatic rings. The van der Waals surface area contributed by atoms with Gasteiger partial charge in [0.1, 0.15) is 11.6 Å². The van der Waals surface area contributed by atoms with Crippen molar-refractivity contribution in [1.82, 2.24) is 25.0 Å². The van der Waals surface area contributed by atoms with E-state index in [-0.39, 0.29) is 24.0 Å². The lowest BCUT2D eigenvalue weighted by Gasteiger charge is -2.38. The lowest BCUT2D eigenvalue weighted by molar-refractivity contribution is 0.372. The molecule has 176 valence electrons. The molecule has 1 fully saturated rings. The van der Waals surface area contributed by atoms with E-state index in [2.05, 4.69) is 66.9 Å². The molecule has 0 radical (unpaired) electrons. The lowest BCUT2D eigenvalue weighted by Crippen LogP contribution is -2.52. The van der Waals surface area contributed by atoms with Gasteiger partial charge in [0, 0.05) is 64.8 Å². The molecule has 0 atom stereocenters. The standard InChI is InChI=1S/C24H37N7.HI/c1-19-9-7-10-21(20(19)2)29-15-17-30(18-16-29)24(25-3)26-13-8-12-23-28-27-22-11-5-4-6-14-31(22)23;/h7,9-10H,4-6,8,11-18H2,1-3H3,(H,25,26);1H. The molecule has 0 saturated carbocycles. The van der Waals surface area contributed by atoms with Crippen molar-refractivity contribution in [3.8, 4) is 0 Å². The van der Waals surface area contributed by atoms with Crippen molar-refractivity contribution in [3.05, 3.63) is 41.0 Å². The third-order valence-electron chi connectivity index (χ3n) is 6.75. The maximum absolute atomic E-state index is 4.54. The minimum atomic E-state index is 0. The molecule has 0 aliphatic carbocycles. The maximum atomic E-state index is 4.54. The van der Waals surface area contributed by atoms with Gasteiger partial charge in [-0.3, -0.25) is 4.99 Å². The molecule has 2 aromatic rings. The summed E-state index contributed by atoms with van der Waals surface area (Å²) in [6, 6.07) is 6.60. The number of rotatable bonds is 5. The van der Waals surface area contributed by atoms with E-state index in [0.29, 0.717) is 0 Å². The fourth-order valence-electron chi connectivity index (χ4n) is 4.75. The van der Waals surface area contributed by atoms with E-state index in [4.69, 9.17) is 0 Å². The van der Waals surface area contributed by atoms with Crippen LogP contribution in [0.2, 0.25) is 0 Å². The molecule has 1 N–H and O–H groups in total. The third kappa shape index (κ3) is 5.74. The highest BCUT2D eigenvalue weighted by Crippen LogP contribution is 2.24. The van der Waals surface area contributed by atoms with E-state index in [1.54, 1.807) is 0 Å². The van der Waals surface area contributed by atoms with E-state index >= 15 is 0 Å². The van der Waals surface area contributed by atoms with E-state index in [9.17, 15) is 0 Å². The molecule has 2 aliphatic heterocycles. The number of aliphatic imine (C=N–C) groups is 1. The molecule has 1 aromatic carbocycles. The molecule has 1 aromatic heterocycles. The van der Waals surface area contributed by atoms with Crippen LogP contribution >= 0.6 is 24.0 Å². The summed E-state index contributed by atoms with van der Waals surface area (Å²) >= 11 is 0. The number of piperazine rings is 1. The molecule has 3 heterocycles. The first-order valence-electron chi connectivity index (χ1n) is 11.8. The highest BCUT2D eigenvalue weighted by atomic mass is 127. The first-order chi connectivity index (χ1) is 15.2. The SMILES string of the molecule is CN=C(NCCCc1nnc2n1CCCCC2)N1CCN(c2cccc(C)c2C)CC1.I.